The molecule has 0 atom stereocenters. The number of anilines is 3. The van der Waals surface area contributed by atoms with Gasteiger partial charge < -0.3 is 20.3 Å². The van der Waals surface area contributed by atoms with Crippen LogP contribution in [0.25, 0.3) is 0 Å². The van der Waals surface area contributed by atoms with Gasteiger partial charge in [0.2, 0.25) is 5.91 Å². The smallest absolute Gasteiger partial charge is 0.255 e. The fourth-order valence-electron chi connectivity index (χ4n) is 2.76. The van der Waals surface area contributed by atoms with Crippen LogP contribution in [0.1, 0.15) is 17.3 Å². The summed E-state index contributed by atoms with van der Waals surface area (Å²) in [4.78, 5) is 25.8. The minimum atomic E-state index is -0.185. The first-order valence-corrected chi connectivity index (χ1v) is 8.24. The third-order valence-corrected chi connectivity index (χ3v) is 3.97. The fourth-order valence-corrected chi connectivity index (χ4v) is 2.76. The van der Waals surface area contributed by atoms with Gasteiger partial charge in [-0.3, -0.25) is 9.59 Å². The number of carbonyl (C=O) groups is 2. The SMILES string of the molecule is CC(=O)Nc1ccc(C(=O)Nc2ccccc2N2CCOCC2)cc1. The van der Waals surface area contributed by atoms with Gasteiger partial charge in [0.25, 0.3) is 5.91 Å². The number of hydrogen-bond acceptors (Lipinski definition) is 4. The highest BCUT2D eigenvalue weighted by atomic mass is 16.5. The summed E-state index contributed by atoms with van der Waals surface area (Å²) in [5.41, 5.74) is 2.97. The van der Waals surface area contributed by atoms with Crippen LogP contribution in [-0.2, 0) is 9.53 Å². The van der Waals surface area contributed by atoms with Gasteiger partial charge in [-0.2, -0.15) is 0 Å². The number of rotatable bonds is 4. The van der Waals surface area contributed by atoms with Gasteiger partial charge in [-0.25, -0.2) is 0 Å². The maximum Gasteiger partial charge on any atom is 0.255 e. The van der Waals surface area contributed by atoms with E-state index in [0.29, 0.717) is 24.5 Å². The van der Waals surface area contributed by atoms with Gasteiger partial charge in [0, 0.05) is 31.3 Å². The van der Waals surface area contributed by atoms with Crippen molar-refractivity contribution in [2.45, 2.75) is 6.92 Å². The van der Waals surface area contributed by atoms with Crippen molar-refractivity contribution in [2.24, 2.45) is 0 Å². The van der Waals surface area contributed by atoms with E-state index in [0.717, 1.165) is 24.5 Å². The molecule has 1 aliphatic heterocycles. The Morgan fingerprint density at radius 2 is 1.64 bits per heavy atom. The molecule has 0 spiro atoms. The van der Waals surface area contributed by atoms with E-state index < -0.39 is 0 Å². The molecule has 25 heavy (non-hydrogen) atoms. The molecule has 0 bridgehead atoms. The Morgan fingerprint density at radius 3 is 2.32 bits per heavy atom. The summed E-state index contributed by atoms with van der Waals surface area (Å²) in [6, 6.07) is 14.6. The van der Waals surface area contributed by atoms with Crippen molar-refractivity contribution in [3.63, 3.8) is 0 Å². The van der Waals surface area contributed by atoms with Crippen molar-refractivity contribution in [1.82, 2.24) is 0 Å². The highest BCUT2D eigenvalue weighted by Crippen LogP contribution is 2.27. The molecule has 6 nitrogen and oxygen atoms in total. The highest BCUT2D eigenvalue weighted by molar-refractivity contribution is 6.06. The second-order valence-electron chi connectivity index (χ2n) is 5.83. The number of benzene rings is 2. The van der Waals surface area contributed by atoms with Crippen molar-refractivity contribution in [3.8, 4) is 0 Å². The second-order valence-corrected chi connectivity index (χ2v) is 5.83. The molecule has 3 rings (SSSR count). The summed E-state index contributed by atoms with van der Waals surface area (Å²) in [5, 5.41) is 5.66. The zero-order chi connectivity index (χ0) is 17.6. The summed E-state index contributed by atoms with van der Waals surface area (Å²) < 4.78 is 5.39. The molecule has 130 valence electrons. The fraction of sp³-hybridized carbons (Fsp3) is 0.263. The van der Waals surface area contributed by atoms with E-state index in [-0.39, 0.29) is 11.8 Å². The Morgan fingerprint density at radius 1 is 0.960 bits per heavy atom. The van der Waals surface area contributed by atoms with Crippen LogP contribution in [-0.4, -0.2) is 38.1 Å². The van der Waals surface area contributed by atoms with E-state index in [1.54, 1.807) is 24.3 Å². The molecule has 2 amide bonds. The summed E-state index contributed by atoms with van der Waals surface area (Å²) in [7, 11) is 0. The lowest BCUT2D eigenvalue weighted by Gasteiger charge is -2.30. The Hall–Kier alpha value is -2.86. The number of nitrogens with one attached hydrogen (secondary N) is 2. The lowest BCUT2D eigenvalue weighted by atomic mass is 10.1. The van der Waals surface area contributed by atoms with Crippen LogP contribution in [0, 0.1) is 0 Å². The van der Waals surface area contributed by atoms with Crippen LogP contribution in [0.2, 0.25) is 0 Å². The number of carbonyl (C=O) groups excluding carboxylic acids is 2. The Bertz CT molecular complexity index is 753. The molecule has 0 saturated carbocycles. The van der Waals surface area contributed by atoms with E-state index in [1.807, 2.05) is 24.3 Å². The topological polar surface area (TPSA) is 70.7 Å². The normalized spacial score (nSPS) is 14.0. The third kappa shape index (κ3) is 4.36. The second kappa shape index (κ2) is 7.81. The van der Waals surface area contributed by atoms with Crippen molar-refractivity contribution in [3.05, 3.63) is 54.1 Å². The Balaban J connectivity index is 1.73. The van der Waals surface area contributed by atoms with Crippen LogP contribution in [0.5, 0.6) is 0 Å². The molecule has 0 aromatic heterocycles. The van der Waals surface area contributed by atoms with Crippen LogP contribution in [0.15, 0.2) is 48.5 Å². The van der Waals surface area contributed by atoms with Crippen LogP contribution < -0.4 is 15.5 Å². The van der Waals surface area contributed by atoms with Gasteiger partial charge >= 0.3 is 0 Å². The van der Waals surface area contributed by atoms with E-state index in [4.69, 9.17) is 4.74 Å². The maximum absolute atomic E-state index is 12.5. The first-order chi connectivity index (χ1) is 12.1. The maximum atomic E-state index is 12.5. The lowest BCUT2D eigenvalue weighted by Crippen LogP contribution is -2.36. The molecular weight excluding hydrogens is 318 g/mol. The zero-order valence-electron chi connectivity index (χ0n) is 14.1. The molecule has 1 fully saturated rings. The molecule has 0 unspecified atom stereocenters. The predicted octanol–water partition coefficient (Wildman–Crippen LogP) is 2.73. The number of nitrogens with zero attached hydrogens (tertiary/aromatic N) is 1. The number of amides is 2. The molecule has 2 aromatic carbocycles. The van der Waals surface area contributed by atoms with Crippen LogP contribution in [0.3, 0.4) is 0 Å². The summed E-state index contributed by atoms with van der Waals surface area (Å²) in [6.07, 6.45) is 0. The largest absolute Gasteiger partial charge is 0.378 e. The minimum Gasteiger partial charge on any atom is -0.378 e. The summed E-state index contributed by atoms with van der Waals surface area (Å²) >= 11 is 0. The van der Waals surface area contributed by atoms with Crippen molar-refractivity contribution < 1.29 is 14.3 Å². The number of ether oxygens (including phenoxy) is 1. The summed E-state index contributed by atoms with van der Waals surface area (Å²) in [5.74, 6) is -0.327. The zero-order valence-corrected chi connectivity index (χ0v) is 14.1. The van der Waals surface area contributed by atoms with E-state index in [1.165, 1.54) is 6.92 Å². The Labute approximate surface area is 146 Å². The van der Waals surface area contributed by atoms with E-state index in [9.17, 15) is 9.59 Å². The van der Waals surface area contributed by atoms with E-state index >= 15 is 0 Å². The molecular formula is C19H21N3O3. The monoisotopic (exact) mass is 339 g/mol. The average molecular weight is 339 g/mol. The van der Waals surface area contributed by atoms with Gasteiger partial charge in [0.1, 0.15) is 0 Å². The molecule has 2 aromatic rings. The molecule has 2 N–H and O–H groups in total. The average Bonchev–Trinajstić information content (AvgIpc) is 2.63. The highest BCUT2D eigenvalue weighted by Gasteiger charge is 2.16. The molecule has 1 saturated heterocycles. The number of hydrogen-bond donors (Lipinski definition) is 2. The molecule has 6 heteroatoms. The summed E-state index contributed by atoms with van der Waals surface area (Å²) in [6.45, 7) is 4.43. The van der Waals surface area contributed by atoms with Crippen LogP contribution >= 0.6 is 0 Å². The van der Waals surface area contributed by atoms with Crippen molar-refractivity contribution >= 4 is 28.9 Å². The van der Waals surface area contributed by atoms with Gasteiger partial charge in [-0.15, -0.1) is 0 Å². The van der Waals surface area contributed by atoms with Gasteiger partial charge in [0.15, 0.2) is 0 Å². The quantitative estimate of drug-likeness (QED) is 0.898. The molecule has 1 heterocycles. The minimum absolute atomic E-state index is 0.142. The van der Waals surface area contributed by atoms with E-state index in [2.05, 4.69) is 15.5 Å². The van der Waals surface area contributed by atoms with Gasteiger partial charge in [-0.05, 0) is 36.4 Å². The molecule has 0 radical (unpaired) electrons. The van der Waals surface area contributed by atoms with Gasteiger partial charge in [-0.1, -0.05) is 12.1 Å². The molecule has 0 aliphatic carbocycles. The first kappa shape index (κ1) is 17.0. The predicted molar refractivity (Wildman–Crippen MR) is 98.2 cm³/mol. The van der Waals surface area contributed by atoms with Crippen molar-refractivity contribution in [1.29, 1.82) is 0 Å². The van der Waals surface area contributed by atoms with Gasteiger partial charge in [0.05, 0.1) is 24.6 Å². The third-order valence-electron chi connectivity index (χ3n) is 3.97. The van der Waals surface area contributed by atoms with Crippen molar-refractivity contribution in [2.75, 3.05) is 41.8 Å². The Kier molecular flexibility index (Phi) is 5.30. The first-order valence-electron chi connectivity index (χ1n) is 8.24. The lowest BCUT2D eigenvalue weighted by molar-refractivity contribution is -0.114. The number of morpholine rings is 1. The number of para-hydroxylation sites is 2. The van der Waals surface area contributed by atoms with Crippen LogP contribution in [0.4, 0.5) is 17.1 Å². The standard InChI is InChI=1S/C19H21N3O3/c1-14(23)20-16-8-6-15(7-9-16)19(24)21-17-4-2-3-5-18(17)22-10-12-25-13-11-22/h2-9H,10-13H2,1H3,(H,20,23)(H,21,24). The molecule has 1 aliphatic rings.